The molecular formula is C21H29N3O3. The van der Waals surface area contributed by atoms with Crippen molar-refractivity contribution in [1.82, 2.24) is 9.55 Å². The van der Waals surface area contributed by atoms with E-state index in [1.54, 1.807) is 0 Å². The highest BCUT2D eigenvalue weighted by molar-refractivity contribution is 5.71. The van der Waals surface area contributed by atoms with Crippen LogP contribution < -0.4 is 9.64 Å². The maximum absolute atomic E-state index is 11.8. The molecule has 6 nitrogen and oxygen atoms in total. The minimum atomic E-state index is -0.135. The predicted octanol–water partition coefficient (Wildman–Crippen LogP) is 3.62. The number of carbonyl (C=O) groups is 1. The molecule has 1 unspecified atom stereocenters. The SMILES string of the molecule is CCCOc1ccc2c(c1)C(CCn1ccnc1)CN2CCC(=O)OCC. The lowest BCUT2D eigenvalue weighted by Crippen LogP contribution is -2.25. The van der Waals surface area contributed by atoms with E-state index in [0.29, 0.717) is 25.5 Å². The van der Waals surface area contributed by atoms with E-state index in [2.05, 4.69) is 33.5 Å². The first-order valence-corrected chi connectivity index (χ1v) is 9.84. The fraction of sp³-hybridized carbons (Fsp3) is 0.524. The van der Waals surface area contributed by atoms with Crippen molar-refractivity contribution < 1.29 is 14.3 Å². The molecule has 1 aromatic carbocycles. The number of fused-ring (bicyclic) bond motifs is 1. The Morgan fingerprint density at radius 1 is 1.30 bits per heavy atom. The molecule has 27 heavy (non-hydrogen) atoms. The van der Waals surface area contributed by atoms with E-state index in [9.17, 15) is 4.79 Å². The van der Waals surface area contributed by atoms with Crippen molar-refractivity contribution in [2.24, 2.45) is 0 Å². The van der Waals surface area contributed by atoms with Crippen molar-refractivity contribution in [2.45, 2.75) is 45.6 Å². The van der Waals surface area contributed by atoms with Crippen LogP contribution in [0.3, 0.4) is 0 Å². The van der Waals surface area contributed by atoms with Crippen LogP contribution in [-0.4, -0.2) is 41.8 Å². The van der Waals surface area contributed by atoms with Gasteiger partial charge in [-0.05, 0) is 43.5 Å². The fourth-order valence-corrected chi connectivity index (χ4v) is 3.56. The number of rotatable bonds is 10. The second-order valence-corrected chi connectivity index (χ2v) is 6.86. The van der Waals surface area contributed by atoms with Gasteiger partial charge in [0, 0.05) is 43.6 Å². The molecule has 146 valence electrons. The number of esters is 1. The third kappa shape index (κ3) is 5.02. The van der Waals surface area contributed by atoms with Gasteiger partial charge in [-0.2, -0.15) is 0 Å². The molecule has 0 fully saturated rings. The van der Waals surface area contributed by atoms with Crippen molar-refractivity contribution in [1.29, 1.82) is 0 Å². The van der Waals surface area contributed by atoms with Crippen LogP contribution in [0, 0.1) is 0 Å². The maximum Gasteiger partial charge on any atom is 0.307 e. The largest absolute Gasteiger partial charge is 0.494 e. The number of aromatic nitrogens is 2. The topological polar surface area (TPSA) is 56.6 Å². The van der Waals surface area contributed by atoms with Gasteiger partial charge >= 0.3 is 5.97 Å². The standard InChI is InChI=1S/C21H29N3O3/c1-3-13-27-18-5-6-20-19(14-18)17(7-10-23-12-9-22-16-23)15-24(20)11-8-21(25)26-4-2/h5-6,9,12,14,16-17H,3-4,7-8,10-11,13,15H2,1-2H3. The zero-order valence-electron chi connectivity index (χ0n) is 16.3. The third-order valence-corrected chi connectivity index (χ3v) is 4.88. The molecule has 2 heterocycles. The quantitative estimate of drug-likeness (QED) is 0.597. The number of aryl methyl sites for hydroxylation is 1. The molecule has 1 atom stereocenters. The fourth-order valence-electron chi connectivity index (χ4n) is 3.56. The molecule has 0 spiro atoms. The van der Waals surface area contributed by atoms with Crippen LogP contribution in [0.5, 0.6) is 5.75 Å². The minimum absolute atomic E-state index is 0.135. The molecule has 3 rings (SSSR count). The van der Waals surface area contributed by atoms with Gasteiger partial charge < -0.3 is 18.9 Å². The van der Waals surface area contributed by atoms with Crippen molar-refractivity contribution in [3.8, 4) is 5.75 Å². The molecular weight excluding hydrogens is 342 g/mol. The Bertz CT molecular complexity index is 730. The molecule has 1 aromatic heterocycles. The summed E-state index contributed by atoms with van der Waals surface area (Å²) >= 11 is 0. The van der Waals surface area contributed by atoms with Crippen LogP contribution in [0.15, 0.2) is 36.9 Å². The lowest BCUT2D eigenvalue weighted by Gasteiger charge is -2.19. The summed E-state index contributed by atoms with van der Waals surface area (Å²) in [6.45, 7) is 7.64. The summed E-state index contributed by atoms with van der Waals surface area (Å²) in [6.07, 6.45) is 8.09. The van der Waals surface area contributed by atoms with Gasteiger partial charge in [-0.25, -0.2) is 4.98 Å². The van der Waals surface area contributed by atoms with Gasteiger partial charge in [0.2, 0.25) is 0 Å². The molecule has 0 saturated heterocycles. The molecule has 0 saturated carbocycles. The zero-order valence-corrected chi connectivity index (χ0v) is 16.3. The Balaban J connectivity index is 1.71. The van der Waals surface area contributed by atoms with E-state index in [4.69, 9.17) is 9.47 Å². The predicted molar refractivity (Wildman–Crippen MR) is 105 cm³/mol. The number of hydrogen-bond acceptors (Lipinski definition) is 5. The van der Waals surface area contributed by atoms with Gasteiger partial charge in [-0.1, -0.05) is 6.92 Å². The van der Waals surface area contributed by atoms with Gasteiger partial charge in [0.25, 0.3) is 0 Å². The van der Waals surface area contributed by atoms with Crippen LogP contribution >= 0.6 is 0 Å². The lowest BCUT2D eigenvalue weighted by molar-refractivity contribution is -0.142. The lowest BCUT2D eigenvalue weighted by atomic mass is 9.97. The molecule has 0 radical (unpaired) electrons. The van der Waals surface area contributed by atoms with Crippen molar-refractivity contribution in [3.05, 3.63) is 42.5 Å². The Kier molecular flexibility index (Phi) is 6.74. The van der Waals surface area contributed by atoms with Crippen LogP contribution in [0.25, 0.3) is 0 Å². The average Bonchev–Trinajstić information content (AvgIpc) is 3.31. The first-order chi connectivity index (χ1) is 13.2. The minimum Gasteiger partial charge on any atom is -0.494 e. The number of imidazole rings is 1. The number of carbonyl (C=O) groups excluding carboxylic acids is 1. The van der Waals surface area contributed by atoms with Crippen molar-refractivity contribution in [2.75, 3.05) is 31.2 Å². The molecule has 0 amide bonds. The maximum atomic E-state index is 11.8. The Morgan fingerprint density at radius 3 is 2.93 bits per heavy atom. The van der Waals surface area contributed by atoms with Gasteiger partial charge in [-0.3, -0.25) is 4.79 Å². The Morgan fingerprint density at radius 2 is 2.19 bits per heavy atom. The van der Waals surface area contributed by atoms with Gasteiger partial charge in [0.1, 0.15) is 5.75 Å². The van der Waals surface area contributed by atoms with Gasteiger partial charge in [0.05, 0.1) is 26.0 Å². The summed E-state index contributed by atoms with van der Waals surface area (Å²) in [6, 6.07) is 6.33. The first kappa shape index (κ1) is 19.3. The second-order valence-electron chi connectivity index (χ2n) is 6.86. The summed E-state index contributed by atoms with van der Waals surface area (Å²) in [5.41, 5.74) is 2.52. The monoisotopic (exact) mass is 371 g/mol. The number of anilines is 1. The van der Waals surface area contributed by atoms with Crippen LogP contribution in [-0.2, 0) is 16.1 Å². The van der Waals surface area contributed by atoms with E-state index in [-0.39, 0.29) is 5.97 Å². The molecule has 1 aliphatic heterocycles. The van der Waals surface area contributed by atoms with Gasteiger partial charge in [-0.15, -0.1) is 0 Å². The van der Waals surface area contributed by atoms with Crippen molar-refractivity contribution in [3.63, 3.8) is 0 Å². The number of hydrogen-bond donors (Lipinski definition) is 0. The third-order valence-electron chi connectivity index (χ3n) is 4.88. The summed E-state index contributed by atoms with van der Waals surface area (Å²) in [5, 5.41) is 0. The smallest absolute Gasteiger partial charge is 0.307 e. The highest BCUT2D eigenvalue weighted by Gasteiger charge is 2.29. The normalized spacial score (nSPS) is 15.6. The summed E-state index contributed by atoms with van der Waals surface area (Å²) in [7, 11) is 0. The van der Waals surface area contributed by atoms with Crippen LogP contribution in [0.1, 0.15) is 44.6 Å². The Labute approximate surface area is 161 Å². The Hall–Kier alpha value is -2.50. The average molecular weight is 371 g/mol. The summed E-state index contributed by atoms with van der Waals surface area (Å²) < 4.78 is 13.0. The molecule has 0 aliphatic carbocycles. The van der Waals surface area contributed by atoms with E-state index in [1.807, 2.05) is 31.7 Å². The molecule has 1 aliphatic rings. The van der Waals surface area contributed by atoms with Crippen LogP contribution in [0.2, 0.25) is 0 Å². The molecule has 0 N–H and O–H groups in total. The summed E-state index contributed by atoms with van der Waals surface area (Å²) in [5.74, 6) is 1.20. The van der Waals surface area contributed by atoms with Crippen LogP contribution in [0.4, 0.5) is 5.69 Å². The highest BCUT2D eigenvalue weighted by atomic mass is 16.5. The van der Waals surface area contributed by atoms with E-state index >= 15 is 0 Å². The number of benzene rings is 1. The van der Waals surface area contributed by atoms with E-state index < -0.39 is 0 Å². The van der Waals surface area contributed by atoms with Gasteiger partial charge in [0.15, 0.2) is 0 Å². The zero-order chi connectivity index (χ0) is 19.1. The highest BCUT2D eigenvalue weighted by Crippen LogP contribution is 2.40. The summed E-state index contributed by atoms with van der Waals surface area (Å²) in [4.78, 5) is 18.2. The van der Waals surface area contributed by atoms with E-state index in [1.165, 1.54) is 11.3 Å². The molecule has 2 aromatic rings. The second kappa shape index (κ2) is 9.44. The first-order valence-electron chi connectivity index (χ1n) is 9.84. The van der Waals surface area contributed by atoms with Crippen molar-refractivity contribution >= 4 is 11.7 Å². The molecule has 6 heteroatoms. The number of nitrogens with zero attached hydrogens (tertiary/aromatic N) is 3. The number of ether oxygens (including phenoxy) is 2. The molecule has 0 bridgehead atoms. The van der Waals surface area contributed by atoms with E-state index in [0.717, 1.165) is 38.3 Å².